The van der Waals surface area contributed by atoms with Crippen LogP contribution in [-0.4, -0.2) is 54.3 Å². The van der Waals surface area contributed by atoms with Crippen LogP contribution in [-0.2, 0) is 17.8 Å². The summed E-state index contributed by atoms with van der Waals surface area (Å²) in [4.78, 5) is 24.9. The fraction of sp³-hybridized carbons (Fsp3) is 0.571. The number of carbonyl (C=O) groups is 2. The Morgan fingerprint density at radius 2 is 2.23 bits per heavy atom. The second-order valence-corrected chi connectivity index (χ2v) is 5.04. The molecule has 0 fully saturated rings. The summed E-state index contributed by atoms with van der Waals surface area (Å²) in [5.41, 5.74) is 1.86. The minimum Gasteiger partial charge on any atom is -0.480 e. The van der Waals surface area contributed by atoms with Gasteiger partial charge in [-0.1, -0.05) is 0 Å². The van der Waals surface area contributed by atoms with Crippen molar-refractivity contribution >= 4 is 11.9 Å². The van der Waals surface area contributed by atoms with E-state index in [0.717, 1.165) is 11.3 Å². The molecule has 8 heteroatoms. The number of hydrogen-bond donors (Lipinski definition) is 2. The Balaban J connectivity index is 1.83. The molecule has 1 aliphatic rings. The topological polar surface area (TPSA) is 96.5 Å². The quantitative estimate of drug-likeness (QED) is 0.751. The summed E-state index contributed by atoms with van der Waals surface area (Å²) >= 11 is 0. The summed E-state index contributed by atoms with van der Waals surface area (Å²) in [6.07, 6.45) is 1.71. The average molecular weight is 307 g/mol. The SMILES string of the molecule is CNC(=O)CCCNC(=O)N1CCc2nnc(OC)cc2C1. The van der Waals surface area contributed by atoms with Gasteiger partial charge in [-0.25, -0.2) is 4.79 Å². The van der Waals surface area contributed by atoms with Crippen LogP contribution in [0.4, 0.5) is 4.79 Å². The Morgan fingerprint density at radius 1 is 1.41 bits per heavy atom. The van der Waals surface area contributed by atoms with Crippen LogP contribution in [0.1, 0.15) is 24.1 Å². The summed E-state index contributed by atoms with van der Waals surface area (Å²) in [6.45, 7) is 1.57. The monoisotopic (exact) mass is 307 g/mol. The lowest BCUT2D eigenvalue weighted by Crippen LogP contribution is -2.43. The molecule has 8 nitrogen and oxygen atoms in total. The maximum Gasteiger partial charge on any atom is 0.317 e. The van der Waals surface area contributed by atoms with Crippen molar-refractivity contribution in [2.75, 3.05) is 27.2 Å². The maximum absolute atomic E-state index is 12.1. The van der Waals surface area contributed by atoms with Gasteiger partial charge in [-0.15, -0.1) is 5.10 Å². The molecule has 0 radical (unpaired) electrons. The number of urea groups is 1. The highest BCUT2D eigenvalue weighted by atomic mass is 16.5. The highest BCUT2D eigenvalue weighted by molar-refractivity contribution is 5.76. The van der Waals surface area contributed by atoms with Gasteiger partial charge in [-0.3, -0.25) is 4.79 Å². The first-order chi connectivity index (χ1) is 10.6. The number of hydrogen-bond acceptors (Lipinski definition) is 5. The Labute approximate surface area is 129 Å². The minimum atomic E-state index is -0.127. The van der Waals surface area contributed by atoms with Gasteiger partial charge < -0.3 is 20.3 Å². The average Bonchev–Trinajstić information content (AvgIpc) is 2.57. The zero-order chi connectivity index (χ0) is 15.9. The maximum atomic E-state index is 12.1. The van der Waals surface area contributed by atoms with E-state index >= 15 is 0 Å². The van der Waals surface area contributed by atoms with Crippen molar-refractivity contribution in [1.29, 1.82) is 0 Å². The number of nitrogens with zero attached hydrogens (tertiary/aromatic N) is 3. The van der Waals surface area contributed by atoms with E-state index in [1.165, 1.54) is 7.11 Å². The third-order valence-electron chi connectivity index (χ3n) is 3.55. The van der Waals surface area contributed by atoms with Crippen LogP contribution in [0.3, 0.4) is 0 Å². The molecule has 2 heterocycles. The van der Waals surface area contributed by atoms with Gasteiger partial charge in [0.2, 0.25) is 11.8 Å². The van der Waals surface area contributed by atoms with Crippen LogP contribution in [0.2, 0.25) is 0 Å². The summed E-state index contributed by atoms with van der Waals surface area (Å²) in [5, 5.41) is 13.4. The molecule has 0 bridgehead atoms. The highest BCUT2D eigenvalue weighted by Gasteiger charge is 2.22. The van der Waals surface area contributed by atoms with E-state index in [0.29, 0.717) is 44.8 Å². The van der Waals surface area contributed by atoms with E-state index in [1.807, 2.05) is 6.07 Å². The van der Waals surface area contributed by atoms with Crippen LogP contribution in [0.5, 0.6) is 5.88 Å². The molecular weight excluding hydrogens is 286 g/mol. The zero-order valence-electron chi connectivity index (χ0n) is 12.9. The van der Waals surface area contributed by atoms with Gasteiger partial charge in [0.15, 0.2) is 0 Å². The van der Waals surface area contributed by atoms with E-state index in [-0.39, 0.29) is 11.9 Å². The van der Waals surface area contributed by atoms with E-state index in [1.54, 1.807) is 11.9 Å². The Hall–Kier alpha value is -2.38. The summed E-state index contributed by atoms with van der Waals surface area (Å²) in [7, 11) is 3.14. The van der Waals surface area contributed by atoms with Crippen molar-refractivity contribution in [2.24, 2.45) is 0 Å². The molecule has 0 atom stereocenters. The molecule has 0 aromatic carbocycles. The molecule has 0 saturated heterocycles. The molecule has 1 aliphatic heterocycles. The molecule has 22 heavy (non-hydrogen) atoms. The number of amides is 3. The number of carbonyl (C=O) groups excluding carboxylic acids is 2. The summed E-state index contributed by atoms with van der Waals surface area (Å²) in [6, 6.07) is 1.69. The largest absolute Gasteiger partial charge is 0.480 e. The predicted octanol–water partition coefficient (Wildman–Crippen LogP) is 0.0791. The fourth-order valence-electron chi connectivity index (χ4n) is 2.26. The number of fused-ring (bicyclic) bond motifs is 1. The summed E-state index contributed by atoms with van der Waals surface area (Å²) < 4.78 is 5.06. The van der Waals surface area contributed by atoms with E-state index in [4.69, 9.17) is 4.74 Å². The van der Waals surface area contributed by atoms with Crippen LogP contribution < -0.4 is 15.4 Å². The number of nitrogens with one attached hydrogen (secondary N) is 2. The van der Waals surface area contributed by atoms with Crippen LogP contribution in [0, 0.1) is 0 Å². The normalized spacial score (nSPS) is 13.3. The van der Waals surface area contributed by atoms with Crippen molar-refractivity contribution in [3.05, 3.63) is 17.3 Å². The van der Waals surface area contributed by atoms with Gasteiger partial charge in [-0.05, 0) is 6.42 Å². The molecule has 0 spiro atoms. The van der Waals surface area contributed by atoms with Crippen molar-refractivity contribution < 1.29 is 14.3 Å². The lowest BCUT2D eigenvalue weighted by molar-refractivity contribution is -0.120. The van der Waals surface area contributed by atoms with E-state index in [9.17, 15) is 9.59 Å². The third kappa shape index (κ3) is 4.06. The van der Waals surface area contributed by atoms with E-state index in [2.05, 4.69) is 20.8 Å². The standard InChI is InChI=1S/C14H21N5O3/c1-15-12(20)4-3-6-16-14(21)19-7-5-11-10(9-19)8-13(22-2)18-17-11/h8H,3-7,9H2,1-2H3,(H,15,20)(H,16,21). The first kappa shape index (κ1) is 16.0. The van der Waals surface area contributed by atoms with Gasteiger partial charge in [-0.2, -0.15) is 5.10 Å². The Bertz CT molecular complexity index is 549. The molecular formula is C14H21N5O3. The van der Waals surface area contributed by atoms with Gasteiger partial charge in [0.25, 0.3) is 0 Å². The Kier molecular flexibility index (Phi) is 5.51. The predicted molar refractivity (Wildman–Crippen MR) is 79.4 cm³/mol. The second-order valence-electron chi connectivity index (χ2n) is 5.04. The molecule has 0 unspecified atom stereocenters. The van der Waals surface area contributed by atoms with Crippen molar-refractivity contribution in [2.45, 2.75) is 25.8 Å². The van der Waals surface area contributed by atoms with Crippen LogP contribution >= 0.6 is 0 Å². The van der Waals surface area contributed by atoms with Gasteiger partial charge in [0.05, 0.1) is 12.8 Å². The van der Waals surface area contributed by atoms with Gasteiger partial charge in [0, 0.05) is 51.2 Å². The molecule has 3 amide bonds. The first-order valence-corrected chi connectivity index (χ1v) is 7.27. The first-order valence-electron chi connectivity index (χ1n) is 7.27. The lowest BCUT2D eigenvalue weighted by Gasteiger charge is -2.28. The van der Waals surface area contributed by atoms with Crippen molar-refractivity contribution in [3.8, 4) is 5.88 Å². The molecule has 1 aromatic heterocycles. The van der Waals surface area contributed by atoms with Crippen molar-refractivity contribution in [1.82, 2.24) is 25.7 Å². The molecule has 0 saturated carbocycles. The minimum absolute atomic E-state index is 0.0215. The Morgan fingerprint density at radius 3 is 2.95 bits per heavy atom. The van der Waals surface area contributed by atoms with Gasteiger partial charge >= 0.3 is 6.03 Å². The van der Waals surface area contributed by atoms with Gasteiger partial charge in [0.1, 0.15) is 0 Å². The molecule has 2 rings (SSSR count). The number of methoxy groups -OCH3 is 1. The molecule has 1 aromatic rings. The zero-order valence-corrected chi connectivity index (χ0v) is 12.9. The molecule has 120 valence electrons. The molecule has 2 N–H and O–H groups in total. The lowest BCUT2D eigenvalue weighted by atomic mass is 10.1. The fourth-order valence-corrected chi connectivity index (χ4v) is 2.26. The van der Waals surface area contributed by atoms with Crippen LogP contribution in [0.25, 0.3) is 0 Å². The smallest absolute Gasteiger partial charge is 0.317 e. The summed E-state index contributed by atoms with van der Waals surface area (Å²) in [5.74, 6) is 0.429. The highest BCUT2D eigenvalue weighted by Crippen LogP contribution is 2.19. The number of aromatic nitrogens is 2. The third-order valence-corrected chi connectivity index (χ3v) is 3.55. The van der Waals surface area contributed by atoms with E-state index < -0.39 is 0 Å². The second kappa shape index (κ2) is 7.58. The number of rotatable bonds is 5. The van der Waals surface area contributed by atoms with Crippen molar-refractivity contribution in [3.63, 3.8) is 0 Å². The number of ether oxygens (including phenoxy) is 1. The molecule has 0 aliphatic carbocycles. The van der Waals surface area contributed by atoms with Crippen LogP contribution in [0.15, 0.2) is 6.07 Å².